The maximum atomic E-state index is 13.2. The van der Waals surface area contributed by atoms with Gasteiger partial charge in [0, 0.05) is 29.3 Å². The van der Waals surface area contributed by atoms with Gasteiger partial charge in [0.2, 0.25) is 5.91 Å². The fourth-order valence-corrected chi connectivity index (χ4v) is 5.39. The van der Waals surface area contributed by atoms with E-state index in [1.54, 1.807) is 27.7 Å². The van der Waals surface area contributed by atoms with Crippen LogP contribution in [0.1, 0.15) is 12.5 Å². The Morgan fingerprint density at radius 3 is 2.28 bits per heavy atom. The largest absolute Gasteiger partial charge is 0.337 e. The van der Waals surface area contributed by atoms with Gasteiger partial charge in [-0.25, -0.2) is 12.8 Å². The number of carbonyl (C=O) groups is 1. The molecule has 0 bridgehead atoms. The Kier molecular flexibility index (Phi) is 6.10. The molecule has 0 aliphatic rings. The molecule has 164 valence electrons. The third kappa shape index (κ3) is 4.43. The molecule has 0 saturated heterocycles. The van der Waals surface area contributed by atoms with Crippen molar-refractivity contribution in [2.75, 3.05) is 11.4 Å². The Morgan fingerprint density at radius 1 is 0.938 bits per heavy atom. The van der Waals surface area contributed by atoms with E-state index in [0.29, 0.717) is 23.0 Å². The third-order valence-electron chi connectivity index (χ3n) is 5.35. The number of hydrogen-bond acceptors (Lipinski definition) is 3. The van der Waals surface area contributed by atoms with Crippen molar-refractivity contribution >= 4 is 32.3 Å². The van der Waals surface area contributed by atoms with E-state index in [-0.39, 0.29) is 23.1 Å². The summed E-state index contributed by atoms with van der Waals surface area (Å²) in [5.74, 6) is -0.803. The number of rotatable bonds is 7. The third-order valence-corrected chi connectivity index (χ3v) is 7.06. The lowest BCUT2D eigenvalue weighted by Gasteiger charge is -2.21. The highest BCUT2D eigenvalue weighted by molar-refractivity contribution is 7.90. The number of nitrogens with zero attached hydrogens (tertiary/aromatic N) is 2. The van der Waals surface area contributed by atoms with Crippen LogP contribution in [0, 0.1) is 5.82 Å². The summed E-state index contributed by atoms with van der Waals surface area (Å²) in [5.41, 5.74) is 1.96. The van der Waals surface area contributed by atoms with Crippen LogP contribution in [0.4, 0.5) is 10.1 Å². The summed E-state index contributed by atoms with van der Waals surface area (Å²) in [6.07, 6.45) is 1.53. The molecule has 0 fully saturated rings. The maximum absolute atomic E-state index is 13.2. The molecule has 0 radical (unpaired) electrons. The van der Waals surface area contributed by atoms with E-state index in [9.17, 15) is 17.6 Å². The Morgan fingerprint density at radius 2 is 1.59 bits per heavy atom. The van der Waals surface area contributed by atoms with Gasteiger partial charge in [0.1, 0.15) is 12.4 Å². The van der Waals surface area contributed by atoms with Crippen molar-refractivity contribution in [1.82, 2.24) is 4.57 Å². The summed E-state index contributed by atoms with van der Waals surface area (Å²) < 4.78 is 41.3. The van der Waals surface area contributed by atoms with E-state index < -0.39 is 15.7 Å². The molecule has 0 unspecified atom stereocenters. The van der Waals surface area contributed by atoms with Crippen LogP contribution in [0.5, 0.6) is 0 Å². The van der Waals surface area contributed by atoms with Gasteiger partial charge in [-0.2, -0.15) is 0 Å². The van der Waals surface area contributed by atoms with Crippen molar-refractivity contribution in [3.05, 3.63) is 96.4 Å². The first-order valence-electron chi connectivity index (χ1n) is 10.3. The highest BCUT2D eigenvalue weighted by Gasteiger charge is 2.23. The van der Waals surface area contributed by atoms with E-state index in [1.807, 2.05) is 43.3 Å². The zero-order chi connectivity index (χ0) is 22.7. The molecule has 5 nitrogen and oxygen atoms in total. The normalized spacial score (nSPS) is 11.6. The van der Waals surface area contributed by atoms with Crippen LogP contribution in [0.3, 0.4) is 0 Å². The number of benzene rings is 3. The monoisotopic (exact) mass is 450 g/mol. The fraction of sp³-hybridized carbons (Fsp3) is 0.160. The average molecular weight is 451 g/mol. The quantitative estimate of drug-likeness (QED) is 0.406. The number of aromatic nitrogens is 1. The molecule has 0 aliphatic heterocycles. The lowest BCUT2D eigenvalue weighted by molar-refractivity contribution is -0.119. The van der Waals surface area contributed by atoms with Crippen molar-refractivity contribution in [3.8, 4) is 0 Å². The minimum absolute atomic E-state index is 0.00924. The molecular formula is C25H23FN2O3S. The van der Waals surface area contributed by atoms with Gasteiger partial charge in [-0.3, -0.25) is 4.79 Å². The van der Waals surface area contributed by atoms with Crippen molar-refractivity contribution < 1.29 is 17.6 Å². The van der Waals surface area contributed by atoms with Gasteiger partial charge < -0.3 is 9.47 Å². The van der Waals surface area contributed by atoms with E-state index in [2.05, 4.69) is 0 Å². The summed E-state index contributed by atoms with van der Waals surface area (Å²) in [5, 5.41) is 0.560. The number of anilines is 1. The smallest absolute Gasteiger partial charge is 0.246 e. The molecule has 0 saturated carbocycles. The number of likely N-dealkylation sites (N-methyl/N-ethyl adjacent to an activating group) is 1. The van der Waals surface area contributed by atoms with E-state index in [4.69, 9.17) is 0 Å². The first-order chi connectivity index (χ1) is 15.4. The molecule has 0 spiro atoms. The second-order valence-electron chi connectivity index (χ2n) is 7.50. The zero-order valence-corrected chi connectivity index (χ0v) is 18.4. The topological polar surface area (TPSA) is 59.4 Å². The maximum Gasteiger partial charge on any atom is 0.246 e. The molecule has 3 aromatic carbocycles. The van der Waals surface area contributed by atoms with E-state index >= 15 is 0 Å². The van der Waals surface area contributed by atoms with Crippen LogP contribution < -0.4 is 4.90 Å². The summed E-state index contributed by atoms with van der Waals surface area (Å²) in [4.78, 5) is 14.9. The summed E-state index contributed by atoms with van der Waals surface area (Å²) in [7, 11) is -3.71. The molecule has 0 atom stereocenters. The Bertz CT molecular complexity index is 1350. The molecule has 4 aromatic rings. The van der Waals surface area contributed by atoms with Gasteiger partial charge in [0.05, 0.1) is 10.6 Å². The molecule has 32 heavy (non-hydrogen) atoms. The van der Waals surface area contributed by atoms with Gasteiger partial charge >= 0.3 is 0 Å². The Hall–Kier alpha value is -3.45. The molecular weight excluding hydrogens is 427 g/mol. The van der Waals surface area contributed by atoms with Crippen LogP contribution in [0.25, 0.3) is 10.9 Å². The molecule has 1 aromatic heterocycles. The minimum Gasteiger partial charge on any atom is -0.337 e. The molecule has 7 heteroatoms. The van der Waals surface area contributed by atoms with Crippen molar-refractivity contribution in [1.29, 1.82) is 0 Å². The molecule has 0 aliphatic carbocycles. The lowest BCUT2D eigenvalue weighted by atomic mass is 10.2. The van der Waals surface area contributed by atoms with Gasteiger partial charge in [-0.1, -0.05) is 48.5 Å². The van der Waals surface area contributed by atoms with Crippen LogP contribution in [0.15, 0.2) is 90.0 Å². The van der Waals surface area contributed by atoms with Crippen LogP contribution in [-0.4, -0.2) is 25.4 Å². The molecule has 4 rings (SSSR count). The van der Waals surface area contributed by atoms with Crippen molar-refractivity contribution in [3.63, 3.8) is 0 Å². The molecule has 1 heterocycles. The Labute approximate surface area is 186 Å². The van der Waals surface area contributed by atoms with Gasteiger partial charge in [-0.15, -0.1) is 0 Å². The number of amides is 1. The number of sulfone groups is 1. The Balaban J connectivity index is 1.68. The first kappa shape index (κ1) is 21.8. The number of hydrogen-bond donors (Lipinski definition) is 0. The summed E-state index contributed by atoms with van der Waals surface area (Å²) in [6.45, 7) is 2.41. The van der Waals surface area contributed by atoms with Crippen LogP contribution in [0.2, 0.25) is 0 Å². The molecule has 0 N–H and O–H groups in total. The average Bonchev–Trinajstić information content (AvgIpc) is 3.16. The standard InChI is InChI=1S/C25H23FN2O3S/c1-2-28(21-8-4-3-5-9-21)25(29)17-27-16-24(22-10-6-7-11-23(22)27)32(30,31)18-19-12-14-20(26)15-13-19/h3-16H,2,17-18H2,1H3. The second-order valence-corrected chi connectivity index (χ2v) is 9.46. The van der Waals surface area contributed by atoms with Crippen LogP contribution in [-0.2, 0) is 26.9 Å². The zero-order valence-electron chi connectivity index (χ0n) is 17.6. The highest BCUT2D eigenvalue weighted by Crippen LogP contribution is 2.28. The SMILES string of the molecule is CCN(C(=O)Cn1cc(S(=O)(=O)Cc2ccc(F)cc2)c2ccccc21)c1ccccc1. The number of fused-ring (bicyclic) bond motifs is 1. The van der Waals surface area contributed by atoms with Gasteiger partial charge in [-0.05, 0) is 42.8 Å². The number of para-hydroxylation sites is 2. The minimum atomic E-state index is -3.71. The number of carbonyl (C=O) groups excluding carboxylic acids is 1. The van der Waals surface area contributed by atoms with E-state index in [1.165, 1.54) is 30.5 Å². The predicted octanol–water partition coefficient (Wildman–Crippen LogP) is 4.81. The van der Waals surface area contributed by atoms with Crippen molar-refractivity contribution in [2.24, 2.45) is 0 Å². The van der Waals surface area contributed by atoms with Crippen LogP contribution >= 0.6 is 0 Å². The highest BCUT2D eigenvalue weighted by atomic mass is 32.2. The number of halogens is 1. The van der Waals surface area contributed by atoms with E-state index in [0.717, 1.165) is 5.69 Å². The fourth-order valence-electron chi connectivity index (χ4n) is 3.81. The summed E-state index contributed by atoms with van der Waals surface area (Å²) >= 11 is 0. The second kappa shape index (κ2) is 8.96. The first-order valence-corrected chi connectivity index (χ1v) is 11.9. The van der Waals surface area contributed by atoms with Crippen molar-refractivity contribution in [2.45, 2.75) is 24.1 Å². The molecule has 1 amide bonds. The van der Waals surface area contributed by atoms with Gasteiger partial charge in [0.15, 0.2) is 9.84 Å². The summed E-state index contributed by atoms with van der Waals surface area (Å²) in [6, 6.07) is 21.9. The predicted molar refractivity (Wildman–Crippen MR) is 124 cm³/mol. The van der Waals surface area contributed by atoms with Gasteiger partial charge in [0.25, 0.3) is 0 Å². The lowest BCUT2D eigenvalue weighted by Crippen LogP contribution is -2.33.